The highest BCUT2D eigenvalue weighted by Gasteiger charge is 2.22. The molecule has 1 aromatic rings. The second-order valence-electron chi connectivity index (χ2n) is 5.19. The van der Waals surface area contributed by atoms with Crippen molar-refractivity contribution in [3.05, 3.63) is 18.2 Å². The molecule has 1 fully saturated rings. The van der Waals surface area contributed by atoms with Gasteiger partial charge in [-0.1, -0.05) is 6.07 Å². The van der Waals surface area contributed by atoms with Crippen LogP contribution in [0.25, 0.3) is 0 Å². The Hall–Kier alpha value is -1.78. The molecule has 1 saturated heterocycles. The van der Waals surface area contributed by atoms with Crippen molar-refractivity contribution in [3.8, 4) is 0 Å². The van der Waals surface area contributed by atoms with Gasteiger partial charge in [-0.25, -0.2) is 4.98 Å². The van der Waals surface area contributed by atoms with Gasteiger partial charge in [-0.15, -0.1) is 0 Å². The summed E-state index contributed by atoms with van der Waals surface area (Å²) in [6.07, 6.45) is 3.47. The summed E-state index contributed by atoms with van der Waals surface area (Å²) in [5, 5.41) is 6.36. The van der Waals surface area contributed by atoms with Crippen molar-refractivity contribution in [2.45, 2.75) is 39.2 Å². The molecule has 1 aromatic heterocycles. The van der Waals surface area contributed by atoms with Crippen LogP contribution in [0.4, 0.5) is 11.6 Å². The molecule has 1 aliphatic heterocycles. The van der Waals surface area contributed by atoms with E-state index < -0.39 is 0 Å². The zero-order valence-corrected chi connectivity index (χ0v) is 12.4. The Morgan fingerprint density at radius 2 is 2.00 bits per heavy atom. The number of piperidine rings is 1. The molecule has 2 N–H and O–H groups in total. The van der Waals surface area contributed by atoms with Crippen LogP contribution in [-0.4, -0.2) is 41.5 Å². The lowest BCUT2D eigenvalue weighted by Gasteiger charge is -2.29. The number of carbonyl (C=O) groups is 1. The second-order valence-corrected chi connectivity index (χ2v) is 5.19. The van der Waals surface area contributed by atoms with E-state index in [0.717, 1.165) is 44.1 Å². The van der Waals surface area contributed by atoms with Crippen molar-refractivity contribution in [2.24, 2.45) is 0 Å². The van der Waals surface area contributed by atoms with Crippen LogP contribution in [0.2, 0.25) is 0 Å². The van der Waals surface area contributed by atoms with Crippen LogP contribution in [0.3, 0.4) is 0 Å². The molecule has 5 nitrogen and oxygen atoms in total. The molecule has 2 heterocycles. The minimum Gasteiger partial charge on any atom is -0.370 e. The Labute approximate surface area is 120 Å². The summed E-state index contributed by atoms with van der Waals surface area (Å²) in [5.74, 6) is 1.73. The van der Waals surface area contributed by atoms with E-state index in [1.54, 1.807) is 0 Å². The predicted molar refractivity (Wildman–Crippen MR) is 81.9 cm³/mol. The first-order valence-electron chi connectivity index (χ1n) is 7.47. The molecular formula is C15H24N4O. The van der Waals surface area contributed by atoms with Crippen LogP contribution >= 0.6 is 0 Å². The number of likely N-dealkylation sites (tertiary alicyclic amines) is 1. The van der Waals surface area contributed by atoms with Gasteiger partial charge in [-0.05, 0) is 45.2 Å². The van der Waals surface area contributed by atoms with E-state index in [-0.39, 0.29) is 11.9 Å². The van der Waals surface area contributed by atoms with E-state index in [0.29, 0.717) is 0 Å². The van der Waals surface area contributed by atoms with Crippen LogP contribution in [0.15, 0.2) is 18.2 Å². The fourth-order valence-electron chi connectivity index (χ4n) is 2.47. The zero-order valence-electron chi connectivity index (χ0n) is 12.4. The molecule has 1 amide bonds. The van der Waals surface area contributed by atoms with E-state index in [2.05, 4.69) is 15.6 Å². The van der Waals surface area contributed by atoms with Crippen LogP contribution < -0.4 is 10.6 Å². The van der Waals surface area contributed by atoms with Gasteiger partial charge >= 0.3 is 0 Å². The first kappa shape index (κ1) is 14.6. The highest BCUT2D eigenvalue weighted by molar-refractivity contribution is 5.84. The average Bonchev–Trinajstić information content (AvgIpc) is 2.48. The molecule has 1 aliphatic rings. The predicted octanol–water partition coefficient (Wildman–Crippen LogP) is 2.33. The van der Waals surface area contributed by atoms with Crippen LogP contribution in [0.1, 0.15) is 33.1 Å². The molecule has 0 aliphatic carbocycles. The highest BCUT2D eigenvalue weighted by Crippen LogP contribution is 2.13. The standard InChI is InChI=1S/C15H24N4O/c1-3-16-13-8-7-9-14(18-13)17-12(2)15(20)19-10-5-4-6-11-19/h7-9,12H,3-6,10-11H2,1-2H3,(H2,16,17,18). The molecule has 0 spiro atoms. The summed E-state index contributed by atoms with van der Waals surface area (Å²) in [4.78, 5) is 18.7. The lowest BCUT2D eigenvalue weighted by Crippen LogP contribution is -2.44. The second kappa shape index (κ2) is 7.12. The maximum Gasteiger partial charge on any atom is 0.244 e. The van der Waals surface area contributed by atoms with Crippen molar-refractivity contribution < 1.29 is 4.79 Å². The summed E-state index contributed by atoms with van der Waals surface area (Å²) in [5.41, 5.74) is 0. The Kier molecular flexibility index (Phi) is 5.21. The van der Waals surface area contributed by atoms with E-state index in [1.807, 2.05) is 36.9 Å². The summed E-state index contributed by atoms with van der Waals surface area (Å²) in [7, 11) is 0. The van der Waals surface area contributed by atoms with Crippen molar-refractivity contribution in [2.75, 3.05) is 30.3 Å². The largest absolute Gasteiger partial charge is 0.370 e. The monoisotopic (exact) mass is 276 g/mol. The van der Waals surface area contributed by atoms with Crippen LogP contribution in [-0.2, 0) is 4.79 Å². The van der Waals surface area contributed by atoms with Gasteiger partial charge in [0.15, 0.2) is 0 Å². The van der Waals surface area contributed by atoms with Gasteiger partial charge in [0.25, 0.3) is 0 Å². The number of hydrogen-bond donors (Lipinski definition) is 2. The average molecular weight is 276 g/mol. The van der Waals surface area contributed by atoms with E-state index in [9.17, 15) is 4.79 Å². The molecule has 0 bridgehead atoms. The summed E-state index contributed by atoms with van der Waals surface area (Å²) < 4.78 is 0. The third-order valence-electron chi connectivity index (χ3n) is 3.51. The van der Waals surface area contributed by atoms with Gasteiger partial charge < -0.3 is 15.5 Å². The Morgan fingerprint density at radius 3 is 2.70 bits per heavy atom. The first-order valence-corrected chi connectivity index (χ1v) is 7.47. The van der Waals surface area contributed by atoms with E-state index in [4.69, 9.17) is 0 Å². The Morgan fingerprint density at radius 1 is 1.30 bits per heavy atom. The van der Waals surface area contributed by atoms with Crippen molar-refractivity contribution in [1.82, 2.24) is 9.88 Å². The van der Waals surface area contributed by atoms with Gasteiger partial charge in [0.1, 0.15) is 17.7 Å². The molecular weight excluding hydrogens is 252 g/mol. The van der Waals surface area contributed by atoms with Crippen molar-refractivity contribution >= 4 is 17.5 Å². The molecule has 1 unspecified atom stereocenters. The van der Waals surface area contributed by atoms with Crippen LogP contribution in [0, 0.1) is 0 Å². The number of rotatable bonds is 5. The maximum absolute atomic E-state index is 12.3. The number of nitrogens with one attached hydrogen (secondary N) is 2. The van der Waals surface area contributed by atoms with Gasteiger partial charge in [-0.3, -0.25) is 4.79 Å². The zero-order chi connectivity index (χ0) is 14.4. The lowest BCUT2D eigenvalue weighted by molar-refractivity contribution is -0.132. The molecule has 0 radical (unpaired) electrons. The molecule has 20 heavy (non-hydrogen) atoms. The van der Waals surface area contributed by atoms with Gasteiger partial charge in [0, 0.05) is 19.6 Å². The summed E-state index contributed by atoms with van der Waals surface area (Å²) in [6, 6.07) is 5.51. The molecule has 2 rings (SSSR count). The number of pyridine rings is 1. The molecule has 110 valence electrons. The molecule has 0 aromatic carbocycles. The minimum absolute atomic E-state index is 0.167. The Bertz CT molecular complexity index is 443. The maximum atomic E-state index is 12.3. The number of hydrogen-bond acceptors (Lipinski definition) is 4. The van der Waals surface area contributed by atoms with E-state index >= 15 is 0 Å². The fraction of sp³-hybridized carbons (Fsp3) is 0.600. The molecule has 0 saturated carbocycles. The lowest BCUT2D eigenvalue weighted by atomic mass is 10.1. The topological polar surface area (TPSA) is 57.3 Å². The van der Waals surface area contributed by atoms with Gasteiger partial charge in [0.05, 0.1) is 0 Å². The first-order chi connectivity index (χ1) is 9.70. The minimum atomic E-state index is -0.238. The smallest absolute Gasteiger partial charge is 0.244 e. The van der Waals surface area contributed by atoms with Crippen molar-refractivity contribution in [1.29, 1.82) is 0 Å². The molecule has 1 atom stereocenters. The summed E-state index contributed by atoms with van der Waals surface area (Å²) in [6.45, 7) is 6.53. The fourth-order valence-corrected chi connectivity index (χ4v) is 2.47. The number of nitrogens with zero attached hydrogens (tertiary/aromatic N) is 2. The third-order valence-corrected chi connectivity index (χ3v) is 3.51. The number of anilines is 2. The summed E-state index contributed by atoms with van der Waals surface area (Å²) >= 11 is 0. The SMILES string of the molecule is CCNc1cccc(NC(C)C(=O)N2CCCCC2)n1. The number of carbonyl (C=O) groups excluding carboxylic acids is 1. The molecule has 5 heteroatoms. The highest BCUT2D eigenvalue weighted by atomic mass is 16.2. The van der Waals surface area contributed by atoms with E-state index in [1.165, 1.54) is 6.42 Å². The number of aromatic nitrogens is 1. The third kappa shape index (κ3) is 3.85. The van der Waals surface area contributed by atoms with Crippen LogP contribution in [0.5, 0.6) is 0 Å². The number of amides is 1. The quantitative estimate of drug-likeness (QED) is 0.866. The van der Waals surface area contributed by atoms with Gasteiger partial charge in [-0.2, -0.15) is 0 Å². The van der Waals surface area contributed by atoms with Gasteiger partial charge in [0.2, 0.25) is 5.91 Å². The normalized spacial score (nSPS) is 16.6. The Balaban J connectivity index is 1.94. The van der Waals surface area contributed by atoms with Crippen molar-refractivity contribution in [3.63, 3.8) is 0 Å².